The van der Waals surface area contributed by atoms with E-state index in [2.05, 4.69) is 15.5 Å². The predicted molar refractivity (Wildman–Crippen MR) is 81.7 cm³/mol. The second-order valence-corrected chi connectivity index (χ2v) is 5.92. The van der Waals surface area contributed by atoms with Crippen LogP contribution in [0.3, 0.4) is 0 Å². The van der Waals surface area contributed by atoms with Gasteiger partial charge in [0.25, 0.3) is 0 Å². The van der Waals surface area contributed by atoms with Crippen LogP contribution in [0.25, 0.3) is 10.6 Å². The van der Waals surface area contributed by atoms with Crippen molar-refractivity contribution in [3.8, 4) is 10.6 Å². The Morgan fingerprint density at radius 2 is 2.14 bits per heavy atom. The number of urea groups is 1. The Morgan fingerprint density at radius 1 is 1.36 bits per heavy atom. The van der Waals surface area contributed by atoms with Gasteiger partial charge < -0.3 is 9.64 Å². The van der Waals surface area contributed by atoms with Crippen LogP contribution in [0.2, 0.25) is 5.02 Å². The van der Waals surface area contributed by atoms with Gasteiger partial charge in [-0.3, -0.25) is 5.32 Å². The molecule has 0 saturated carbocycles. The highest BCUT2D eigenvalue weighted by molar-refractivity contribution is 7.18. The van der Waals surface area contributed by atoms with E-state index in [9.17, 15) is 9.18 Å². The highest BCUT2D eigenvalue weighted by atomic mass is 35.5. The van der Waals surface area contributed by atoms with Crippen molar-refractivity contribution < 1.29 is 13.9 Å². The van der Waals surface area contributed by atoms with Crippen LogP contribution in [0, 0.1) is 5.82 Å². The number of amides is 2. The van der Waals surface area contributed by atoms with Crippen LogP contribution in [0.5, 0.6) is 0 Å². The molecule has 1 saturated heterocycles. The maximum atomic E-state index is 13.8. The molecule has 1 aromatic carbocycles. The molecular weight excluding hydrogens is 331 g/mol. The number of anilines is 1. The van der Waals surface area contributed by atoms with Crippen LogP contribution in [-0.4, -0.2) is 47.4 Å². The molecule has 3 rings (SSSR count). The summed E-state index contributed by atoms with van der Waals surface area (Å²) < 4.78 is 19.0. The van der Waals surface area contributed by atoms with Crippen LogP contribution >= 0.6 is 22.9 Å². The number of nitrogens with one attached hydrogen (secondary N) is 1. The van der Waals surface area contributed by atoms with Crippen LogP contribution < -0.4 is 5.32 Å². The lowest BCUT2D eigenvalue weighted by atomic mass is 10.2. The van der Waals surface area contributed by atoms with Gasteiger partial charge in [-0.05, 0) is 12.1 Å². The Hall–Kier alpha value is -1.77. The zero-order valence-corrected chi connectivity index (χ0v) is 13.0. The molecular formula is C13H12ClFN4O2S. The average molecular weight is 343 g/mol. The fraction of sp³-hybridized carbons (Fsp3) is 0.308. The fourth-order valence-corrected chi connectivity index (χ4v) is 3.12. The highest BCUT2D eigenvalue weighted by Gasteiger charge is 2.20. The van der Waals surface area contributed by atoms with Crippen LogP contribution in [0.4, 0.5) is 14.3 Å². The van der Waals surface area contributed by atoms with E-state index < -0.39 is 5.82 Å². The topological polar surface area (TPSA) is 67.4 Å². The maximum Gasteiger partial charge on any atom is 0.323 e. The van der Waals surface area contributed by atoms with Crippen molar-refractivity contribution in [1.29, 1.82) is 0 Å². The van der Waals surface area contributed by atoms with Crippen molar-refractivity contribution in [2.75, 3.05) is 31.6 Å². The van der Waals surface area contributed by atoms with E-state index in [0.717, 1.165) is 11.3 Å². The van der Waals surface area contributed by atoms with Gasteiger partial charge in [-0.15, -0.1) is 10.2 Å². The number of rotatable bonds is 2. The molecule has 0 unspecified atom stereocenters. The minimum Gasteiger partial charge on any atom is -0.378 e. The smallest absolute Gasteiger partial charge is 0.323 e. The molecule has 1 fully saturated rings. The molecule has 0 spiro atoms. The number of nitrogens with zero attached hydrogens (tertiary/aromatic N) is 3. The summed E-state index contributed by atoms with van der Waals surface area (Å²) in [5, 5.41) is 11.3. The van der Waals surface area contributed by atoms with E-state index in [1.54, 1.807) is 11.0 Å². The Labute approximate surface area is 134 Å². The first kappa shape index (κ1) is 15.1. The van der Waals surface area contributed by atoms with Crippen molar-refractivity contribution >= 4 is 34.1 Å². The van der Waals surface area contributed by atoms with Gasteiger partial charge in [-0.1, -0.05) is 29.0 Å². The number of carbonyl (C=O) groups excluding carboxylic acids is 1. The summed E-state index contributed by atoms with van der Waals surface area (Å²) in [7, 11) is 0. The summed E-state index contributed by atoms with van der Waals surface area (Å²) in [6.07, 6.45) is 0. The molecule has 6 nitrogen and oxygen atoms in total. The molecule has 22 heavy (non-hydrogen) atoms. The van der Waals surface area contributed by atoms with Crippen LogP contribution in [-0.2, 0) is 4.74 Å². The maximum absolute atomic E-state index is 13.8. The molecule has 1 N–H and O–H groups in total. The average Bonchev–Trinajstić information content (AvgIpc) is 2.96. The SMILES string of the molecule is O=C(Nc1nnc(-c2c(F)cccc2Cl)s1)N1CCOCC1. The molecule has 2 aromatic rings. The highest BCUT2D eigenvalue weighted by Crippen LogP contribution is 2.33. The Bertz CT molecular complexity index is 670. The van der Waals surface area contributed by atoms with Gasteiger partial charge in [0.15, 0.2) is 5.01 Å². The quantitative estimate of drug-likeness (QED) is 0.911. The largest absolute Gasteiger partial charge is 0.378 e. The third kappa shape index (κ3) is 3.18. The molecule has 1 aromatic heterocycles. The Balaban J connectivity index is 1.75. The van der Waals surface area contributed by atoms with Crippen molar-refractivity contribution in [1.82, 2.24) is 15.1 Å². The molecule has 0 aliphatic carbocycles. The molecule has 1 aliphatic rings. The van der Waals surface area contributed by atoms with Crippen molar-refractivity contribution in [3.05, 3.63) is 29.0 Å². The van der Waals surface area contributed by atoms with E-state index in [1.807, 2.05) is 0 Å². The van der Waals surface area contributed by atoms with E-state index >= 15 is 0 Å². The minimum absolute atomic E-state index is 0.188. The summed E-state index contributed by atoms with van der Waals surface area (Å²) in [4.78, 5) is 13.7. The van der Waals surface area contributed by atoms with Gasteiger partial charge in [-0.25, -0.2) is 9.18 Å². The molecule has 2 amide bonds. The van der Waals surface area contributed by atoms with Crippen molar-refractivity contribution in [3.63, 3.8) is 0 Å². The normalized spacial score (nSPS) is 14.9. The number of hydrogen-bond acceptors (Lipinski definition) is 5. The van der Waals surface area contributed by atoms with Crippen LogP contribution in [0.15, 0.2) is 18.2 Å². The molecule has 0 bridgehead atoms. The lowest BCUT2D eigenvalue weighted by molar-refractivity contribution is 0.0564. The lowest BCUT2D eigenvalue weighted by Gasteiger charge is -2.26. The number of ether oxygens (including phenoxy) is 1. The summed E-state index contributed by atoms with van der Waals surface area (Å²) in [6, 6.07) is 4.12. The summed E-state index contributed by atoms with van der Waals surface area (Å²) in [5.74, 6) is -0.477. The second-order valence-electron chi connectivity index (χ2n) is 4.54. The Kier molecular flexibility index (Phi) is 4.51. The molecule has 1 aliphatic heterocycles. The van der Waals surface area contributed by atoms with E-state index in [-0.39, 0.29) is 16.6 Å². The number of benzene rings is 1. The molecule has 2 heterocycles. The number of aromatic nitrogens is 2. The zero-order chi connectivity index (χ0) is 15.5. The summed E-state index contributed by atoms with van der Waals surface area (Å²) in [5.41, 5.74) is 0.188. The fourth-order valence-electron chi connectivity index (χ4n) is 2.01. The minimum atomic E-state index is -0.477. The van der Waals surface area contributed by atoms with Crippen molar-refractivity contribution in [2.24, 2.45) is 0 Å². The second kappa shape index (κ2) is 6.55. The van der Waals surface area contributed by atoms with Gasteiger partial charge in [0.1, 0.15) is 5.82 Å². The molecule has 9 heteroatoms. The first-order chi connectivity index (χ1) is 10.6. The molecule has 0 radical (unpaired) electrons. The van der Waals surface area contributed by atoms with Gasteiger partial charge in [0.2, 0.25) is 5.13 Å². The zero-order valence-electron chi connectivity index (χ0n) is 11.4. The number of hydrogen-bond donors (Lipinski definition) is 1. The monoisotopic (exact) mass is 342 g/mol. The van der Waals surface area contributed by atoms with E-state index in [0.29, 0.717) is 36.4 Å². The molecule has 0 atom stereocenters. The molecule has 116 valence electrons. The summed E-state index contributed by atoms with van der Waals surface area (Å²) >= 11 is 7.06. The van der Waals surface area contributed by atoms with E-state index in [4.69, 9.17) is 16.3 Å². The van der Waals surface area contributed by atoms with Gasteiger partial charge in [0, 0.05) is 13.1 Å². The Morgan fingerprint density at radius 3 is 2.86 bits per heavy atom. The predicted octanol–water partition coefficient (Wildman–Crippen LogP) is 2.86. The third-order valence-corrected chi connectivity index (χ3v) is 4.28. The van der Waals surface area contributed by atoms with Crippen LogP contribution in [0.1, 0.15) is 0 Å². The number of halogens is 2. The van der Waals surface area contributed by atoms with Gasteiger partial charge in [-0.2, -0.15) is 0 Å². The number of morpholine rings is 1. The first-order valence-electron chi connectivity index (χ1n) is 6.56. The third-order valence-electron chi connectivity index (χ3n) is 3.11. The first-order valence-corrected chi connectivity index (χ1v) is 7.76. The number of carbonyl (C=O) groups is 1. The lowest BCUT2D eigenvalue weighted by Crippen LogP contribution is -2.43. The standard InChI is InChI=1S/C13H12ClFN4O2S/c14-8-2-1-3-9(15)10(8)11-17-18-12(22-11)16-13(20)19-4-6-21-7-5-19/h1-3H,4-7H2,(H,16,18,20). The van der Waals surface area contributed by atoms with Gasteiger partial charge >= 0.3 is 6.03 Å². The summed E-state index contributed by atoms with van der Waals surface area (Å²) in [6.45, 7) is 2.08. The van der Waals surface area contributed by atoms with Crippen molar-refractivity contribution in [2.45, 2.75) is 0 Å². The van der Waals surface area contributed by atoms with E-state index in [1.165, 1.54) is 12.1 Å². The van der Waals surface area contributed by atoms with Gasteiger partial charge in [0.05, 0.1) is 23.8 Å².